The van der Waals surface area contributed by atoms with Gasteiger partial charge in [0.25, 0.3) is 5.92 Å². The molecule has 47 heavy (non-hydrogen) atoms. The highest BCUT2D eigenvalue weighted by Crippen LogP contribution is 2.60. The molecule has 3 heterocycles. The number of pyridine rings is 1. The second-order valence-corrected chi connectivity index (χ2v) is 13.4. The van der Waals surface area contributed by atoms with Gasteiger partial charge >= 0.3 is 6.01 Å². The Bertz CT molecular complexity index is 2100. The highest BCUT2D eigenvalue weighted by molar-refractivity contribution is 7.23. The lowest BCUT2D eigenvalue weighted by Gasteiger charge is -2.28. The summed E-state index contributed by atoms with van der Waals surface area (Å²) < 4.78 is 66.7. The topological polar surface area (TPSA) is 130 Å². The predicted octanol–water partition coefficient (Wildman–Crippen LogP) is 7.04. The number of anilines is 3. The summed E-state index contributed by atoms with van der Waals surface area (Å²) in [6.07, 6.45) is 1.17. The Balaban J connectivity index is 1.55. The molecule has 3 aromatic heterocycles. The second-order valence-electron chi connectivity index (χ2n) is 12.0. The molecule has 1 saturated carbocycles. The van der Waals surface area contributed by atoms with Gasteiger partial charge in [0.15, 0.2) is 5.82 Å². The van der Waals surface area contributed by atoms with E-state index < -0.39 is 35.6 Å². The summed E-state index contributed by atoms with van der Waals surface area (Å²) in [6, 6.07) is 8.62. The number of aromatic nitrogens is 3. The van der Waals surface area contributed by atoms with Crippen LogP contribution < -0.4 is 21.1 Å². The molecular weight excluding hydrogens is 656 g/mol. The van der Waals surface area contributed by atoms with E-state index in [2.05, 4.69) is 15.0 Å². The lowest BCUT2D eigenvalue weighted by molar-refractivity contribution is 0.0288. The Hall–Kier alpha value is -4.45. The summed E-state index contributed by atoms with van der Waals surface area (Å²) in [4.78, 5) is 16.4. The minimum atomic E-state index is -2.96. The molecule has 244 valence electrons. The minimum Gasteiger partial charge on any atom is -0.463 e. The van der Waals surface area contributed by atoms with Crippen LogP contribution in [0.3, 0.4) is 0 Å². The van der Waals surface area contributed by atoms with E-state index in [0.717, 1.165) is 17.4 Å². The lowest BCUT2D eigenvalue weighted by Crippen LogP contribution is -2.32. The fraction of sp³-hybridized carbons (Fsp3) is 0.312. The number of halogens is 5. The summed E-state index contributed by atoms with van der Waals surface area (Å²) in [5, 5.41) is 10.1. The minimum absolute atomic E-state index is 0.0124. The average Bonchev–Trinajstić information content (AvgIpc) is 3.36. The molecule has 2 atom stereocenters. The van der Waals surface area contributed by atoms with Crippen LogP contribution in [0.5, 0.6) is 6.01 Å². The van der Waals surface area contributed by atoms with Crippen LogP contribution in [0.25, 0.3) is 32.1 Å². The zero-order chi connectivity index (χ0) is 34.0. The third-order valence-corrected chi connectivity index (χ3v) is 9.91. The molecule has 0 bridgehead atoms. The third kappa shape index (κ3) is 5.42. The zero-order valence-electron chi connectivity index (χ0n) is 25.7. The maximum absolute atomic E-state index is 16.9. The number of nitrogens with two attached hydrogens (primary N) is 2. The summed E-state index contributed by atoms with van der Waals surface area (Å²) in [6.45, 7) is 1.47. The van der Waals surface area contributed by atoms with Gasteiger partial charge in [-0.2, -0.15) is 15.2 Å². The van der Waals surface area contributed by atoms with Gasteiger partial charge in [-0.15, -0.1) is 11.3 Å². The van der Waals surface area contributed by atoms with Crippen molar-refractivity contribution in [1.82, 2.24) is 19.9 Å². The van der Waals surface area contributed by atoms with Crippen LogP contribution in [0, 0.1) is 28.4 Å². The van der Waals surface area contributed by atoms with E-state index in [-0.39, 0.29) is 78.3 Å². The molecule has 9 nitrogen and oxygen atoms in total. The van der Waals surface area contributed by atoms with Crippen molar-refractivity contribution in [3.63, 3.8) is 0 Å². The van der Waals surface area contributed by atoms with Crippen LogP contribution in [-0.2, 0) is 0 Å². The fourth-order valence-electron chi connectivity index (χ4n) is 5.99. The largest absolute Gasteiger partial charge is 0.463 e. The number of hydrogen-bond acceptors (Lipinski definition) is 10. The third-order valence-electron chi connectivity index (χ3n) is 8.59. The van der Waals surface area contributed by atoms with Crippen molar-refractivity contribution in [3.8, 4) is 23.2 Å². The molecule has 0 radical (unpaired) electrons. The van der Waals surface area contributed by atoms with Crippen LogP contribution in [0.2, 0.25) is 5.02 Å². The monoisotopic (exact) mass is 684 g/mol. The summed E-state index contributed by atoms with van der Waals surface area (Å²) in [5.41, 5.74) is 11.1. The molecule has 0 spiro atoms. The summed E-state index contributed by atoms with van der Waals surface area (Å²) in [5.74, 6) is -4.05. The van der Waals surface area contributed by atoms with E-state index in [1.165, 1.54) is 12.1 Å². The number of alkyl halides is 2. The van der Waals surface area contributed by atoms with Gasteiger partial charge in [-0.05, 0) is 44.8 Å². The Morgan fingerprint density at radius 3 is 2.53 bits per heavy atom. The van der Waals surface area contributed by atoms with Gasteiger partial charge in [0.05, 0.1) is 26.7 Å². The quantitative estimate of drug-likeness (QED) is 0.157. The molecule has 0 saturated heterocycles. The smallest absolute Gasteiger partial charge is 0.319 e. The molecule has 1 unspecified atom stereocenters. The first-order chi connectivity index (χ1) is 22.2. The maximum Gasteiger partial charge on any atom is 0.319 e. The number of ether oxygens (including phenoxy) is 1. The number of hydrogen-bond donors (Lipinski definition) is 2. The van der Waals surface area contributed by atoms with Crippen molar-refractivity contribution in [1.29, 1.82) is 5.26 Å². The zero-order valence-corrected chi connectivity index (χ0v) is 27.3. The van der Waals surface area contributed by atoms with Crippen molar-refractivity contribution in [3.05, 3.63) is 64.3 Å². The van der Waals surface area contributed by atoms with Crippen LogP contribution >= 0.6 is 22.9 Å². The average molecular weight is 685 g/mol. The van der Waals surface area contributed by atoms with Crippen molar-refractivity contribution in [2.75, 3.05) is 50.7 Å². The molecule has 4 N–H and O–H groups in total. The van der Waals surface area contributed by atoms with E-state index >= 15 is 4.39 Å². The predicted molar refractivity (Wildman–Crippen MR) is 176 cm³/mol. The number of nitrogens with zero attached hydrogens (tertiary/aromatic N) is 6. The number of nitrogen functional groups attached to an aromatic ring is 2. The molecule has 5 aromatic rings. The first kappa shape index (κ1) is 32.5. The first-order valence-electron chi connectivity index (χ1n) is 14.4. The Labute approximate surface area is 276 Å². The maximum atomic E-state index is 16.9. The van der Waals surface area contributed by atoms with Gasteiger partial charge in [0, 0.05) is 48.1 Å². The number of nitriles is 1. The molecule has 6 rings (SSSR count). The lowest BCUT2D eigenvalue weighted by atomic mass is 9.97. The van der Waals surface area contributed by atoms with Crippen LogP contribution in [0.1, 0.15) is 30.5 Å². The van der Waals surface area contributed by atoms with Crippen LogP contribution in [0.15, 0.2) is 36.5 Å². The Morgan fingerprint density at radius 2 is 1.89 bits per heavy atom. The van der Waals surface area contributed by atoms with Crippen LogP contribution in [-0.4, -0.2) is 60.1 Å². The number of rotatable bonds is 9. The fourth-order valence-corrected chi connectivity index (χ4v) is 7.23. The highest BCUT2D eigenvalue weighted by atomic mass is 35.5. The van der Waals surface area contributed by atoms with Crippen molar-refractivity contribution < 1.29 is 22.3 Å². The number of benzene rings is 2. The number of thiophene rings is 1. The van der Waals surface area contributed by atoms with Gasteiger partial charge in [0.1, 0.15) is 40.6 Å². The van der Waals surface area contributed by atoms with E-state index in [9.17, 15) is 18.4 Å². The van der Waals surface area contributed by atoms with E-state index in [4.69, 9.17) is 27.8 Å². The highest BCUT2D eigenvalue weighted by Gasteiger charge is 2.71. The first-order valence-corrected chi connectivity index (χ1v) is 15.6. The molecule has 1 aliphatic rings. The van der Waals surface area contributed by atoms with Gasteiger partial charge in [-0.1, -0.05) is 23.7 Å². The van der Waals surface area contributed by atoms with Crippen molar-refractivity contribution in [2.45, 2.75) is 25.3 Å². The standard InChI is InChI=1S/C32H29ClF4N8OS/c1-15(16-6-5-9-41-27(16)39)45(4)29-18-10-20(33)23(17-7-8-21(34)26-22(17)19(11-38)28(40)47-26)24(35)25(18)42-30(43-29)46-14-31(13-44(2)3)12-32(31,36)37/h5-10,15H,12-14,40H2,1-4H3,(H2,39,41)/t15-,31?/m1/s1. The molecule has 1 aliphatic carbocycles. The van der Waals surface area contributed by atoms with Gasteiger partial charge < -0.3 is 26.0 Å². The molecule has 2 aromatic carbocycles. The van der Waals surface area contributed by atoms with E-state index in [1.807, 2.05) is 13.0 Å². The molecule has 15 heteroatoms. The molecule has 1 fully saturated rings. The Morgan fingerprint density at radius 1 is 1.17 bits per heavy atom. The second kappa shape index (κ2) is 11.7. The van der Waals surface area contributed by atoms with Gasteiger partial charge in [-0.25, -0.2) is 22.5 Å². The van der Waals surface area contributed by atoms with Crippen molar-refractivity contribution >= 4 is 60.6 Å². The number of fused-ring (bicyclic) bond motifs is 2. The van der Waals surface area contributed by atoms with Crippen molar-refractivity contribution in [2.24, 2.45) is 5.41 Å². The van der Waals surface area contributed by atoms with Gasteiger partial charge in [-0.3, -0.25) is 0 Å². The summed E-state index contributed by atoms with van der Waals surface area (Å²) in [7, 11) is 5.07. The molecular formula is C32H29ClF4N8OS. The SMILES string of the molecule is C[C@H](c1cccnc1N)N(C)c1nc(OCC2(CN(C)C)CC2(F)F)nc2c(F)c(-c3ccc(F)c4sc(N)c(C#N)c34)c(Cl)cc12. The summed E-state index contributed by atoms with van der Waals surface area (Å²) >= 11 is 7.63. The van der Waals surface area contributed by atoms with E-state index in [1.54, 1.807) is 49.3 Å². The normalized spacial score (nSPS) is 17.6. The Kier molecular flexibility index (Phi) is 8.06. The van der Waals surface area contributed by atoms with Gasteiger partial charge in [0.2, 0.25) is 0 Å². The van der Waals surface area contributed by atoms with Crippen LogP contribution in [0.4, 0.5) is 34.2 Å². The molecule has 0 amide bonds. The molecule has 0 aliphatic heterocycles. The van der Waals surface area contributed by atoms with E-state index in [0.29, 0.717) is 5.56 Å².